The normalized spacial score (nSPS) is 14.3. The van der Waals surface area contributed by atoms with Crippen LogP contribution in [0.4, 0.5) is 4.39 Å². The number of rotatable bonds is 5. The van der Waals surface area contributed by atoms with Crippen molar-refractivity contribution >= 4 is 32.8 Å². The molecule has 18 heavy (non-hydrogen) atoms. The van der Waals surface area contributed by atoms with Crippen molar-refractivity contribution in [2.24, 2.45) is 0 Å². The molecule has 6 heteroatoms. The van der Waals surface area contributed by atoms with Crippen LogP contribution in [0.3, 0.4) is 0 Å². The van der Waals surface area contributed by atoms with E-state index in [4.69, 9.17) is 0 Å². The van der Waals surface area contributed by atoms with Crippen LogP contribution in [0.2, 0.25) is 0 Å². The van der Waals surface area contributed by atoms with E-state index in [1.807, 2.05) is 0 Å². The van der Waals surface area contributed by atoms with Crippen molar-refractivity contribution in [1.29, 1.82) is 0 Å². The third kappa shape index (κ3) is 4.68. The molecule has 0 aliphatic heterocycles. The molecule has 0 saturated heterocycles. The Hall–Kier alpha value is -0.430. The molecule has 1 aromatic carbocycles. The second-order valence-corrected chi connectivity index (χ2v) is 5.93. The van der Waals surface area contributed by atoms with Crippen LogP contribution in [0.5, 0.6) is 0 Å². The molecule has 2 N–H and O–H groups in total. The van der Waals surface area contributed by atoms with Gasteiger partial charge in [0.05, 0.1) is 6.10 Å². The van der Waals surface area contributed by atoms with E-state index in [2.05, 4.69) is 15.9 Å². The predicted molar refractivity (Wildman–Crippen MR) is 72.8 cm³/mol. The third-order valence-electron chi connectivity index (χ3n) is 2.36. The fraction of sp³-hybridized carbons (Fsp3) is 0.417. The first kappa shape index (κ1) is 15.6. The number of carbonyl (C=O) groups is 1. The largest absolute Gasteiger partial charge is 0.390 e. The quantitative estimate of drug-likeness (QED) is 0.867. The van der Waals surface area contributed by atoms with Gasteiger partial charge in [0, 0.05) is 17.1 Å². The van der Waals surface area contributed by atoms with Crippen molar-refractivity contribution in [3.8, 4) is 0 Å². The lowest BCUT2D eigenvalue weighted by atomic mass is 10.0. The summed E-state index contributed by atoms with van der Waals surface area (Å²) in [6.07, 6.45) is -1.80. The smallest absolute Gasteiger partial charge is 0.185 e. The van der Waals surface area contributed by atoms with Crippen molar-refractivity contribution in [2.45, 2.75) is 25.6 Å². The lowest BCUT2D eigenvalue weighted by Gasteiger charge is -2.19. The Labute approximate surface area is 118 Å². The van der Waals surface area contributed by atoms with E-state index in [9.17, 15) is 19.4 Å². The average Bonchev–Trinajstić information content (AvgIpc) is 2.27. The van der Waals surface area contributed by atoms with Crippen molar-refractivity contribution in [2.75, 3.05) is 5.75 Å². The van der Waals surface area contributed by atoms with Gasteiger partial charge in [-0.05, 0) is 24.1 Å². The third-order valence-corrected chi connectivity index (χ3v) is 3.90. The summed E-state index contributed by atoms with van der Waals surface area (Å²) in [5, 5.41) is 19.7. The van der Waals surface area contributed by atoms with Crippen LogP contribution in [0.25, 0.3) is 0 Å². The highest BCUT2D eigenvalue weighted by Crippen LogP contribution is 2.28. The summed E-state index contributed by atoms with van der Waals surface area (Å²) in [6, 6.07) is 3.88. The molecule has 100 valence electrons. The van der Waals surface area contributed by atoms with Crippen molar-refractivity contribution < 1.29 is 19.4 Å². The summed E-state index contributed by atoms with van der Waals surface area (Å²) in [5.41, 5.74) is 0.428. The Morgan fingerprint density at radius 2 is 2.17 bits per heavy atom. The number of hydrogen-bond acceptors (Lipinski definition) is 4. The van der Waals surface area contributed by atoms with Gasteiger partial charge >= 0.3 is 0 Å². The van der Waals surface area contributed by atoms with E-state index in [0.717, 1.165) is 11.8 Å². The summed E-state index contributed by atoms with van der Waals surface area (Å²) in [5.74, 6) is 0.0197. The molecule has 2 unspecified atom stereocenters. The maximum Gasteiger partial charge on any atom is 0.185 e. The number of halogens is 2. The SMILES string of the molecule is CC(=O)SCCC(O)C(O)c1ccc(F)cc1Br. The minimum absolute atomic E-state index is 0.0281. The molecule has 1 rings (SSSR count). The van der Waals surface area contributed by atoms with Crippen molar-refractivity contribution in [1.82, 2.24) is 0 Å². The summed E-state index contributed by atoms with van der Waals surface area (Å²) in [6.45, 7) is 1.45. The summed E-state index contributed by atoms with van der Waals surface area (Å²) in [7, 11) is 0. The number of thioether (sulfide) groups is 1. The van der Waals surface area contributed by atoms with Crippen molar-refractivity contribution in [3.05, 3.63) is 34.1 Å². The zero-order chi connectivity index (χ0) is 13.7. The number of aliphatic hydroxyl groups is 2. The molecule has 0 bridgehead atoms. The lowest BCUT2D eigenvalue weighted by Crippen LogP contribution is -2.19. The van der Waals surface area contributed by atoms with E-state index in [1.54, 1.807) is 0 Å². The molecule has 0 amide bonds. The van der Waals surface area contributed by atoms with E-state index in [1.165, 1.54) is 25.1 Å². The first-order chi connectivity index (χ1) is 8.41. The second-order valence-electron chi connectivity index (χ2n) is 3.81. The maximum absolute atomic E-state index is 12.9. The Morgan fingerprint density at radius 1 is 1.50 bits per heavy atom. The van der Waals surface area contributed by atoms with Gasteiger partial charge in [-0.25, -0.2) is 4.39 Å². The fourth-order valence-corrected chi connectivity index (χ4v) is 2.66. The molecular weight excluding hydrogens is 323 g/mol. The number of carbonyl (C=O) groups excluding carboxylic acids is 1. The van der Waals surface area contributed by atoms with E-state index in [0.29, 0.717) is 15.8 Å². The van der Waals surface area contributed by atoms with E-state index in [-0.39, 0.29) is 11.5 Å². The zero-order valence-corrected chi connectivity index (χ0v) is 12.2. The number of hydrogen-bond donors (Lipinski definition) is 2. The number of aliphatic hydroxyl groups excluding tert-OH is 2. The van der Waals surface area contributed by atoms with Gasteiger partial charge in [0.15, 0.2) is 5.12 Å². The van der Waals surface area contributed by atoms with E-state index >= 15 is 0 Å². The van der Waals surface area contributed by atoms with Gasteiger partial charge in [0.25, 0.3) is 0 Å². The van der Waals surface area contributed by atoms with Crippen LogP contribution in [0.1, 0.15) is 25.0 Å². The molecule has 0 heterocycles. The molecule has 0 aliphatic rings. The van der Waals surface area contributed by atoms with E-state index < -0.39 is 18.0 Å². The summed E-state index contributed by atoms with van der Waals surface area (Å²) >= 11 is 4.23. The molecule has 3 nitrogen and oxygen atoms in total. The van der Waals surface area contributed by atoms with Gasteiger partial charge in [-0.3, -0.25) is 4.79 Å². The zero-order valence-electron chi connectivity index (χ0n) is 9.77. The fourth-order valence-electron chi connectivity index (χ4n) is 1.43. The Morgan fingerprint density at radius 3 is 2.72 bits per heavy atom. The second kappa shape index (κ2) is 7.23. The highest BCUT2D eigenvalue weighted by atomic mass is 79.9. The van der Waals surface area contributed by atoms with Gasteiger partial charge in [-0.15, -0.1) is 0 Å². The molecule has 0 aromatic heterocycles. The number of benzene rings is 1. The predicted octanol–water partition coefficient (Wildman–Crippen LogP) is 2.65. The summed E-state index contributed by atoms with van der Waals surface area (Å²) < 4.78 is 13.3. The molecule has 0 aliphatic carbocycles. The molecule has 2 atom stereocenters. The highest BCUT2D eigenvalue weighted by Gasteiger charge is 2.20. The molecule has 1 aromatic rings. The molecular formula is C12H14BrFO3S. The standard InChI is InChI=1S/C12H14BrFO3S/c1-7(15)18-5-4-11(16)12(17)9-3-2-8(14)6-10(9)13/h2-3,6,11-12,16-17H,4-5H2,1H3. The maximum atomic E-state index is 12.9. The summed E-state index contributed by atoms with van der Waals surface area (Å²) in [4.78, 5) is 10.7. The van der Waals surface area contributed by atoms with Gasteiger partial charge in [-0.2, -0.15) is 0 Å². The molecule has 0 fully saturated rings. The van der Waals surface area contributed by atoms with Crippen LogP contribution in [0.15, 0.2) is 22.7 Å². The van der Waals surface area contributed by atoms with Gasteiger partial charge in [0.1, 0.15) is 11.9 Å². The van der Waals surface area contributed by atoms with Crippen LogP contribution >= 0.6 is 27.7 Å². The Balaban J connectivity index is 2.62. The Bertz CT molecular complexity index is 428. The lowest BCUT2D eigenvalue weighted by molar-refractivity contribution is -0.109. The van der Waals surface area contributed by atoms with Crippen LogP contribution in [-0.4, -0.2) is 27.2 Å². The monoisotopic (exact) mass is 336 g/mol. The molecule has 0 saturated carbocycles. The minimum Gasteiger partial charge on any atom is -0.390 e. The van der Waals surface area contributed by atoms with Crippen molar-refractivity contribution in [3.63, 3.8) is 0 Å². The minimum atomic E-state index is -1.10. The van der Waals surface area contributed by atoms with Gasteiger partial charge in [-0.1, -0.05) is 33.8 Å². The van der Waals surface area contributed by atoms with Crippen LogP contribution in [-0.2, 0) is 4.79 Å². The highest BCUT2D eigenvalue weighted by molar-refractivity contribution is 9.10. The molecule has 0 radical (unpaired) electrons. The first-order valence-corrected chi connectivity index (χ1v) is 7.14. The van der Waals surface area contributed by atoms with Crippen LogP contribution in [0, 0.1) is 5.82 Å². The first-order valence-electron chi connectivity index (χ1n) is 5.36. The Kier molecular flexibility index (Phi) is 6.28. The topological polar surface area (TPSA) is 57.5 Å². The van der Waals surface area contributed by atoms with Crippen LogP contribution < -0.4 is 0 Å². The molecule has 0 spiro atoms. The van der Waals surface area contributed by atoms with Gasteiger partial charge in [0.2, 0.25) is 0 Å². The van der Waals surface area contributed by atoms with Gasteiger partial charge < -0.3 is 10.2 Å². The average molecular weight is 337 g/mol.